The van der Waals surface area contributed by atoms with Crippen LogP contribution in [0.25, 0.3) is 99.5 Å². The molecule has 0 bridgehead atoms. The van der Waals surface area contributed by atoms with Crippen LogP contribution in [0.2, 0.25) is 0 Å². The second kappa shape index (κ2) is 18.6. The Labute approximate surface area is 534 Å². The van der Waals surface area contributed by atoms with Crippen molar-refractivity contribution in [3.8, 4) is 55.9 Å². The number of para-hydroxylation sites is 4. The average molecular weight is 1220 g/mol. The van der Waals surface area contributed by atoms with Crippen molar-refractivity contribution in [2.45, 2.75) is 58.7 Å². The van der Waals surface area contributed by atoms with Crippen LogP contribution in [0.5, 0.6) is 0 Å². The second-order valence-electron chi connectivity index (χ2n) is 23.7. The Hall–Kier alpha value is -8.31. The molecule has 6 aliphatic heterocycles. The molecule has 0 saturated heterocycles. The van der Waals surface area contributed by atoms with Crippen LogP contribution in [0, 0.1) is 0 Å². The molecule has 15 aromatic rings. The smallest absolute Gasteiger partial charge is 0.250 e. The minimum Gasteiger partial charge on any atom is -0.309 e. The summed E-state index contributed by atoms with van der Waals surface area (Å²) in [7, 11) is 0. The maximum Gasteiger partial charge on any atom is 0.250 e. The number of fused-ring (bicyclic) bond motifs is 6. The summed E-state index contributed by atoms with van der Waals surface area (Å²) in [6, 6.07) is 97.1. The highest BCUT2D eigenvalue weighted by Crippen LogP contribution is 2.54. The molecular weight excluding hydrogens is 1180 g/mol. The third-order valence-corrected chi connectivity index (χ3v) is 26.0. The molecule has 0 aliphatic carbocycles. The number of aromatic nitrogens is 2. The van der Waals surface area contributed by atoms with Gasteiger partial charge in [-0.15, -0.1) is 0 Å². The molecule has 0 spiro atoms. The SMILES string of the molecule is c1ccc(-n2c3ccccc3c3c(-c4ccc(-c5cc6c7c(c5)Sc5cccc8c5B7c5c(cccc5S6)S8)cc4)c4c(c(-c5ccc(-c6cc7c8c(c6)Sc6cccc9c6B8c6c(cccc6S7)S9)cc5)c32)c2ccccc2n4-c2ccccc2)cc1. The highest BCUT2D eigenvalue weighted by atomic mass is 32.2. The third-order valence-electron chi connectivity index (χ3n) is 19.1. The van der Waals surface area contributed by atoms with Crippen LogP contribution in [-0.2, 0) is 0 Å². The molecule has 0 amide bonds. The lowest BCUT2D eigenvalue weighted by Crippen LogP contribution is -2.60. The lowest BCUT2D eigenvalue weighted by atomic mass is 9.36. The van der Waals surface area contributed by atoms with E-state index < -0.39 is 0 Å². The normalized spacial score (nSPS) is 14.0. The molecule has 21 rings (SSSR count). The van der Waals surface area contributed by atoms with Gasteiger partial charge in [-0.2, -0.15) is 0 Å². The van der Waals surface area contributed by atoms with Gasteiger partial charge in [-0.05, 0) is 175 Å². The van der Waals surface area contributed by atoms with Gasteiger partial charge in [0.25, 0.3) is 0 Å². The molecule has 13 aromatic carbocycles. The Morgan fingerprint density at radius 3 is 0.830 bits per heavy atom. The van der Waals surface area contributed by atoms with Gasteiger partial charge < -0.3 is 9.13 Å². The summed E-state index contributed by atoms with van der Waals surface area (Å²) in [6.07, 6.45) is 0. The molecule has 0 saturated carbocycles. The van der Waals surface area contributed by atoms with Gasteiger partial charge in [-0.1, -0.05) is 216 Å². The Morgan fingerprint density at radius 1 is 0.227 bits per heavy atom. The van der Waals surface area contributed by atoms with Crippen LogP contribution in [0.15, 0.2) is 314 Å². The minimum absolute atomic E-state index is 0.263. The van der Waals surface area contributed by atoms with E-state index in [4.69, 9.17) is 0 Å². The lowest BCUT2D eigenvalue weighted by Gasteiger charge is -2.38. The van der Waals surface area contributed by atoms with Crippen molar-refractivity contribution in [2.75, 3.05) is 0 Å². The predicted molar refractivity (Wildman–Crippen MR) is 377 cm³/mol. The van der Waals surface area contributed by atoms with E-state index in [2.05, 4.69) is 264 Å². The largest absolute Gasteiger partial charge is 0.309 e. The van der Waals surface area contributed by atoms with Crippen LogP contribution >= 0.6 is 70.6 Å². The monoisotopic (exact) mass is 1220 g/mol. The fourth-order valence-corrected chi connectivity index (χ4v) is 23.4. The fourth-order valence-electron chi connectivity index (χ4n) is 15.6. The standard InChI is InChI=1S/C78H42B2N2S6/c1-3-15-49(16-4-1)81-53-21-9-7-19-51(53)69-68(46-37-33-44(34-38-46)48-41-65-76-66(42-48)88-62-30-14-26-58-74(62)80(76)73-57(84-58)25-13-29-61(73)87-65)78-70(52-20-8-10-22-54(52)82(78)50-17-5-2-6-18-50)67(77(69)81)45-35-31-43(32-36-45)47-39-63-75-64(40-47)86-60-28-12-24-56-72(60)79(75)71-55(83-56)23-11-27-59(71)85-63/h1-42H. The summed E-state index contributed by atoms with van der Waals surface area (Å²) in [5.41, 5.74) is 25.7. The topological polar surface area (TPSA) is 9.86 Å². The third kappa shape index (κ3) is 6.88. The highest BCUT2D eigenvalue weighted by Gasteiger charge is 2.45. The van der Waals surface area contributed by atoms with Gasteiger partial charge in [0.05, 0.1) is 22.1 Å². The molecule has 406 valence electrons. The summed E-state index contributed by atoms with van der Waals surface area (Å²) < 4.78 is 5.11. The van der Waals surface area contributed by atoms with Crippen LogP contribution in [0.1, 0.15) is 0 Å². The molecule has 0 radical (unpaired) electrons. The molecule has 2 aromatic heterocycles. The van der Waals surface area contributed by atoms with Crippen molar-refractivity contribution in [1.29, 1.82) is 0 Å². The molecule has 0 fully saturated rings. The first-order valence-electron chi connectivity index (χ1n) is 29.9. The number of hydrogen-bond acceptors (Lipinski definition) is 6. The zero-order valence-electron chi connectivity index (χ0n) is 46.7. The zero-order valence-corrected chi connectivity index (χ0v) is 51.6. The van der Waals surface area contributed by atoms with Crippen LogP contribution in [-0.4, -0.2) is 22.6 Å². The Balaban J connectivity index is 0.788. The van der Waals surface area contributed by atoms with E-state index in [1.807, 2.05) is 70.6 Å². The Morgan fingerprint density at radius 2 is 0.500 bits per heavy atom. The molecule has 2 nitrogen and oxygen atoms in total. The maximum absolute atomic E-state index is 2.56. The van der Waals surface area contributed by atoms with E-state index in [0.717, 1.165) is 11.4 Å². The number of hydrogen-bond donors (Lipinski definition) is 0. The average Bonchev–Trinajstić information content (AvgIpc) is 1.44. The van der Waals surface area contributed by atoms with Gasteiger partial charge in [0.1, 0.15) is 0 Å². The van der Waals surface area contributed by atoms with Crippen LogP contribution < -0.4 is 32.8 Å². The molecule has 88 heavy (non-hydrogen) atoms. The molecule has 0 N–H and O–H groups in total. The predicted octanol–water partition coefficient (Wildman–Crippen LogP) is 18.4. The van der Waals surface area contributed by atoms with E-state index in [0.29, 0.717) is 0 Å². The van der Waals surface area contributed by atoms with E-state index in [9.17, 15) is 0 Å². The van der Waals surface area contributed by atoms with E-state index in [1.54, 1.807) is 0 Å². The van der Waals surface area contributed by atoms with Crippen molar-refractivity contribution < 1.29 is 0 Å². The zero-order chi connectivity index (χ0) is 57.0. The summed E-state index contributed by atoms with van der Waals surface area (Å²) >= 11 is 11.7. The second-order valence-corrected chi connectivity index (χ2v) is 30.2. The summed E-state index contributed by atoms with van der Waals surface area (Å²) in [6.45, 7) is 0.526. The molecule has 10 heteroatoms. The van der Waals surface area contributed by atoms with Gasteiger partial charge >= 0.3 is 0 Å². The molecular formula is C78H42B2N2S6. The van der Waals surface area contributed by atoms with Gasteiger partial charge in [0.2, 0.25) is 13.4 Å². The highest BCUT2D eigenvalue weighted by molar-refractivity contribution is 8.03. The van der Waals surface area contributed by atoms with Crippen molar-refractivity contribution in [3.63, 3.8) is 0 Å². The van der Waals surface area contributed by atoms with Crippen molar-refractivity contribution in [1.82, 2.24) is 9.13 Å². The number of benzene rings is 13. The Kier molecular flexibility index (Phi) is 10.5. The van der Waals surface area contributed by atoms with Gasteiger partial charge in [-0.25, -0.2) is 0 Å². The number of rotatable bonds is 6. The molecule has 6 aliphatic rings. The lowest BCUT2D eigenvalue weighted by molar-refractivity contribution is 1.17. The molecule has 0 atom stereocenters. The van der Waals surface area contributed by atoms with Crippen LogP contribution in [0.4, 0.5) is 0 Å². The van der Waals surface area contributed by atoms with E-state index in [1.165, 1.54) is 180 Å². The first kappa shape index (κ1) is 49.7. The molecule has 8 heterocycles. The summed E-state index contributed by atoms with van der Waals surface area (Å²) in [5, 5.41) is 4.92. The first-order chi connectivity index (χ1) is 43.6. The summed E-state index contributed by atoms with van der Waals surface area (Å²) in [5.74, 6) is 0. The van der Waals surface area contributed by atoms with Crippen molar-refractivity contribution >= 4 is 160 Å². The van der Waals surface area contributed by atoms with Crippen molar-refractivity contribution in [3.05, 3.63) is 255 Å². The Bertz CT molecular complexity index is 5140. The quantitative estimate of drug-likeness (QED) is 0.152. The summed E-state index contributed by atoms with van der Waals surface area (Å²) in [4.78, 5) is 16.6. The maximum atomic E-state index is 2.56. The van der Waals surface area contributed by atoms with Crippen LogP contribution in [0.3, 0.4) is 0 Å². The number of nitrogens with zero attached hydrogens (tertiary/aromatic N) is 2. The van der Waals surface area contributed by atoms with E-state index in [-0.39, 0.29) is 13.4 Å². The van der Waals surface area contributed by atoms with E-state index >= 15 is 0 Å². The fraction of sp³-hybridized carbons (Fsp3) is 0. The molecule has 0 unspecified atom stereocenters. The minimum atomic E-state index is 0.263. The van der Waals surface area contributed by atoms with Crippen molar-refractivity contribution in [2.24, 2.45) is 0 Å². The van der Waals surface area contributed by atoms with Gasteiger partial charge in [0.15, 0.2) is 0 Å². The van der Waals surface area contributed by atoms with Gasteiger partial charge in [-0.3, -0.25) is 0 Å². The first-order valence-corrected chi connectivity index (χ1v) is 34.8. The van der Waals surface area contributed by atoms with Gasteiger partial charge in [0, 0.05) is 103 Å².